The third-order valence-electron chi connectivity index (χ3n) is 5.13. The number of hydrogen-bond donors (Lipinski definition) is 1. The van der Waals surface area contributed by atoms with Gasteiger partial charge in [-0.2, -0.15) is 5.10 Å². The number of fused-ring (bicyclic) bond motifs is 2. The normalized spacial score (nSPS) is 13.0. The molecule has 0 fully saturated rings. The number of carbonyl (C=O) groups is 1. The molecule has 0 spiro atoms. The van der Waals surface area contributed by atoms with Crippen LogP contribution in [0.5, 0.6) is 0 Å². The van der Waals surface area contributed by atoms with Crippen LogP contribution in [-0.2, 0) is 11.2 Å². The zero-order chi connectivity index (χ0) is 21.5. The van der Waals surface area contributed by atoms with E-state index in [9.17, 15) is 18.4 Å². The number of H-pyrrole nitrogens is 1. The summed E-state index contributed by atoms with van der Waals surface area (Å²) in [6.45, 7) is 0.585. The Morgan fingerprint density at radius 3 is 2.84 bits per heavy atom. The van der Waals surface area contributed by atoms with Crippen molar-refractivity contribution >= 4 is 34.4 Å². The Labute approximate surface area is 178 Å². The van der Waals surface area contributed by atoms with E-state index >= 15 is 0 Å². The summed E-state index contributed by atoms with van der Waals surface area (Å²) >= 11 is 1.05. The molecule has 0 aliphatic carbocycles. The molecule has 1 aliphatic heterocycles. The molecule has 5 rings (SSSR count). The van der Waals surface area contributed by atoms with Gasteiger partial charge in [0.15, 0.2) is 22.4 Å². The SMILES string of the molecule is O=C(CSc1nc2[nH]ncc2c(=O)n1-c1ccc(F)c(F)c1)N1CCc2ccccc21. The average Bonchev–Trinajstić information content (AvgIpc) is 3.41. The van der Waals surface area contributed by atoms with Gasteiger partial charge in [0.05, 0.1) is 17.6 Å². The molecule has 1 amide bonds. The number of aromatic amines is 1. The number of halogens is 2. The predicted molar refractivity (Wildman–Crippen MR) is 113 cm³/mol. The van der Waals surface area contributed by atoms with Gasteiger partial charge in [-0.15, -0.1) is 0 Å². The zero-order valence-electron chi connectivity index (χ0n) is 16.0. The fourth-order valence-corrected chi connectivity index (χ4v) is 4.51. The van der Waals surface area contributed by atoms with E-state index in [2.05, 4.69) is 15.2 Å². The number of amides is 1. The second kappa shape index (κ2) is 7.62. The number of benzene rings is 2. The quantitative estimate of drug-likeness (QED) is 0.390. The van der Waals surface area contributed by atoms with Gasteiger partial charge in [0.25, 0.3) is 5.56 Å². The van der Waals surface area contributed by atoms with Crippen molar-refractivity contribution in [3.8, 4) is 5.69 Å². The largest absolute Gasteiger partial charge is 0.311 e. The molecule has 7 nitrogen and oxygen atoms in total. The Morgan fingerprint density at radius 2 is 2.00 bits per heavy atom. The lowest BCUT2D eigenvalue weighted by Crippen LogP contribution is -2.31. The lowest BCUT2D eigenvalue weighted by molar-refractivity contribution is -0.116. The minimum atomic E-state index is -1.09. The lowest BCUT2D eigenvalue weighted by atomic mass is 10.2. The van der Waals surface area contributed by atoms with E-state index in [0.717, 1.165) is 46.1 Å². The summed E-state index contributed by atoms with van der Waals surface area (Å²) in [5.41, 5.74) is 1.86. The molecule has 1 aliphatic rings. The molecule has 0 saturated carbocycles. The summed E-state index contributed by atoms with van der Waals surface area (Å²) in [6, 6.07) is 10.9. The monoisotopic (exact) mass is 439 g/mol. The first-order chi connectivity index (χ1) is 15.0. The number of hydrogen-bond acceptors (Lipinski definition) is 5. The van der Waals surface area contributed by atoms with E-state index in [0.29, 0.717) is 6.54 Å². The third kappa shape index (κ3) is 3.38. The van der Waals surface area contributed by atoms with Gasteiger partial charge in [0.2, 0.25) is 5.91 Å². The molecule has 1 N–H and O–H groups in total. The van der Waals surface area contributed by atoms with Gasteiger partial charge >= 0.3 is 0 Å². The number of thioether (sulfide) groups is 1. The number of aromatic nitrogens is 4. The van der Waals surface area contributed by atoms with Crippen LogP contribution < -0.4 is 10.5 Å². The minimum absolute atomic E-state index is 0.0180. The van der Waals surface area contributed by atoms with Crippen LogP contribution in [0, 0.1) is 11.6 Å². The Balaban J connectivity index is 1.50. The molecule has 31 heavy (non-hydrogen) atoms. The van der Waals surface area contributed by atoms with E-state index in [4.69, 9.17) is 0 Å². The van der Waals surface area contributed by atoms with Gasteiger partial charge in [-0.05, 0) is 30.2 Å². The first-order valence-corrected chi connectivity index (χ1v) is 10.4. The molecule has 2 aromatic heterocycles. The predicted octanol–water partition coefficient (Wildman–Crippen LogP) is 3.07. The summed E-state index contributed by atoms with van der Waals surface area (Å²) in [6.07, 6.45) is 2.10. The molecular formula is C21H15F2N5O2S. The number of anilines is 1. The van der Waals surface area contributed by atoms with E-state index < -0.39 is 17.2 Å². The smallest absolute Gasteiger partial charge is 0.269 e. The van der Waals surface area contributed by atoms with Crippen molar-refractivity contribution in [3.05, 3.63) is 76.2 Å². The molecule has 10 heteroatoms. The summed E-state index contributed by atoms with van der Waals surface area (Å²) in [4.78, 5) is 32.0. The van der Waals surface area contributed by atoms with Crippen molar-refractivity contribution in [2.75, 3.05) is 17.2 Å². The molecular weight excluding hydrogens is 424 g/mol. The Kier molecular flexibility index (Phi) is 4.78. The summed E-state index contributed by atoms with van der Waals surface area (Å²) in [5, 5.41) is 6.85. The maximum atomic E-state index is 13.8. The highest BCUT2D eigenvalue weighted by molar-refractivity contribution is 7.99. The van der Waals surface area contributed by atoms with Crippen LogP contribution in [0.15, 0.2) is 58.6 Å². The van der Waals surface area contributed by atoms with E-state index in [-0.39, 0.29) is 33.5 Å². The maximum absolute atomic E-state index is 13.8. The van der Waals surface area contributed by atoms with Crippen molar-refractivity contribution in [1.29, 1.82) is 0 Å². The van der Waals surface area contributed by atoms with Crippen LogP contribution in [-0.4, -0.2) is 38.0 Å². The van der Waals surface area contributed by atoms with Crippen LogP contribution in [0.25, 0.3) is 16.7 Å². The fraction of sp³-hybridized carbons (Fsp3) is 0.143. The second-order valence-corrected chi connectivity index (χ2v) is 7.92. The van der Waals surface area contributed by atoms with E-state index in [1.165, 1.54) is 12.3 Å². The molecule has 3 heterocycles. The first kappa shape index (κ1) is 19.4. The van der Waals surface area contributed by atoms with Gasteiger partial charge in [0, 0.05) is 18.3 Å². The van der Waals surface area contributed by atoms with Crippen LogP contribution in [0.2, 0.25) is 0 Å². The highest BCUT2D eigenvalue weighted by Gasteiger charge is 2.25. The zero-order valence-corrected chi connectivity index (χ0v) is 16.8. The highest BCUT2D eigenvalue weighted by atomic mass is 32.2. The number of carbonyl (C=O) groups excluding carboxylic acids is 1. The van der Waals surface area contributed by atoms with Gasteiger partial charge < -0.3 is 4.90 Å². The summed E-state index contributed by atoms with van der Waals surface area (Å²) in [5.74, 6) is -2.22. The van der Waals surface area contributed by atoms with Crippen molar-refractivity contribution in [1.82, 2.24) is 19.7 Å². The van der Waals surface area contributed by atoms with Crippen molar-refractivity contribution in [3.63, 3.8) is 0 Å². The lowest BCUT2D eigenvalue weighted by Gasteiger charge is -2.17. The van der Waals surface area contributed by atoms with Gasteiger partial charge in [-0.25, -0.2) is 13.8 Å². The summed E-state index contributed by atoms with van der Waals surface area (Å²) in [7, 11) is 0. The number of para-hydroxylation sites is 1. The number of nitrogens with one attached hydrogen (secondary N) is 1. The maximum Gasteiger partial charge on any atom is 0.269 e. The van der Waals surface area contributed by atoms with Gasteiger partial charge in [-0.1, -0.05) is 30.0 Å². The molecule has 0 atom stereocenters. The molecule has 0 radical (unpaired) electrons. The topological polar surface area (TPSA) is 83.9 Å². The fourth-order valence-electron chi connectivity index (χ4n) is 3.62. The van der Waals surface area contributed by atoms with Crippen LogP contribution in [0.1, 0.15) is 5.56 Å². The average molecular weight is 439 g/mol. The Morgan fingerprint density at radius 1 is 1.16 bits per heavy atom. The Bertz CT molecular complexity index is 1380. The van der Waals surface area contributed by atoms with Gasteiger partial charge in [0.1, 0.15) is 5.39 Å². The number of rotatable bonds is 4. The summed E-state index contributed by atoms with van der Waals surface area (Å²) < 4.78 is 28.4. The number of nitrogens with zero attached hydrogens (tertiary/aromatic N) is 4. The molecule has 0 saturated heterocycles. The third-order valence-corrected chi connectivity index (χ3v) is 6.05. The highest BCUT2D eigenvalue weighted by Crippen LogP contribution is 2.29. The van der Waals surface area contributed by atoms with E-state index in [1.54, 1.807) is 4.90 Å². The van der Waals surface area contributed by atoms with Gasteiger partial charge in [-0.3, -0.25) is 19.3 Å². The van der Waals surface area contributed by atoms with Crippen molar-refractivity contribution in [2.24, 2.45) is 0 Å². The molecule has 0 unspecified atom stereocenters. The van der Waals surface area contributed by atoms with E-state index in [1.807, 2.05) is 24.3 Å². The minimum Gasteiger partial charge on any atom is -0.311 e. The van der Waals surface area contributed by atoms with Crippen LogP contribution >= 0.6 is 11.8 Å². The van der Waals surface area contributed by atoms with Crippen molar-refractivity contribution < 1.29 is 13.6 Å². The molecule has 156 valence electrons. The molecule has 4 aromatic rings. The first-order valence-electron chi connectivity index (χ1n) is 9.45. The van der Waals surface area contributed by atoms with Crippen molar-refractivity contribution in [2.45, 2.75) is 11.6 Å². The second-order valence-electron chi connectivity index (χ2n) is 6.98. The van der Waals surface area contributed by atoms with Crippen LogP contribution in [0.4, 0.5) is 14.5 Å². The molecule has 0 bridgehead atoms. The van der Waals surface area contributed by atoms with Crippen LogP contribution in [0.3, 0.4) is 0 Å². The molecule has 2 aromatic carbocycles. The standard InChI is InChI=1S/C21H15F2N5O2S/c22-15-6-5-13(9-16(15)23)28-20(30)14-10-24-26-19(14)25-21(28)31-11-18(29)27-8-7-12-3-1-2-4-17(12)27/h1-6,9-10H,7-8,11H2,(H,24,26). The Hall–Kier alpha value is -3.53.